The van der Waals surface area contributed by atoms with Gasteiger partial charge in [-0.25, -0.2) is 14.5 Å². The molecule has 12 aromatic rings. The van der Waals surface area contributed by atoms with Gasteiger partial charge in [0.05, 0.1) is 22.6 Å². The Kier molecular flexibility index (Phi) is 8.42. The lowest BCUT2D eigenvalue weighted by molar-refractivity contribution is 0.669. The van der Waals surface area contributed by atoms with E-state index < -0.39 is 0 Å². The van der Waals surface area contributed by atoms with Gasteiger partial charge in [-0.3, -0.25) is 0 Å². The van der Waals surface area contributed by atoms with Crippen molar-refractivity contribution < 1.29 is 4.42 Å². The van der Waals surface area contributed by atoms with Crippen LogP contribution in [-0.4, -0.2) is 19.6 Å². The molecule has 0 spiro atoms. The number of hydrogen-bond donors (Lipinski definition) is 0. The zero-order valence-electron chi connectivity index (χ0n) is 33.5. The van der Waals surface area contributed by atoms with Crippen LogP contribution in [0, 0.1) is 0 Å². The fraction of sp³-hybridized carbons (Fsp3) is 0. The molecule has 0 saturated carbocycles. The Morgan fingerprint density at radius 1 is 0.355 bits per heavy atom. The molecule has 0 N–H and O–H groups in total. The molecule has 0 radical (unpaired) electrons. The van der Waals surface area contributed by atoms with E-state index in [1.807, 2.05) is 36.4 Å². The summed E-state index contributed by atoms with van der Waals surface area (Å²) in [6.45, 7) is 0. The Hall–Kier alpha value is -8.41. The number of aromatic nitrogens is 4. The first-order valence-electron chi connectivity index (χ1n) is 20.8. The quantitative estimate of drug-likeness (QED) is 0.161. The van der Waals surface area contributed by atoms with Crippen LogP contribution in [0.4, 0.5) is 0 Å². The third kappa shape index (κ3) is 6.14. The number of hydrogen-bond acceptors (Lipinski definition) is 4. The summed E-state index contributed by atoms with van der Waals surface area (Å²) in [6, 6.07) is 76.2. The molecule has 0 aliphatic heterocycles. The summed E-state index contributed by atoms with van der Waals surface area (Å²) in [6.07, 6.45) is 0. The van der Waals surface area contributed by atoms with E-state index in [0.717, 1.165) is 111 Å². The number of nitrogens with zero attached hydrogens (tertiary/aromatic N) is 4. The first-order chi connectivity index (χ1) is 30.7. The Labute approximate surface area is 357 Å². The van der Waals surface area contributed by atoms with Gasteiger partial charge in [-0.05, 0) is 58.5 Å². The molecule has 0 fully saturated rings. The molecule has 4 aromatic heterocycles. The zero-order chi connectivity index (χ0) is 41.0. The van der Waals surface area contributed by atoms with E-state index in [2.05, 4.69) is 187 Å². The summed E-state index contributed by atoms with van der Waals surface area (Å²) in [5.74, 6) is 0.659. The molecule has 12 rings (SSSR count). The van der Waals surface area contributed by atoms with Crippen molar-refractivity contribution in [2.45, 2.75) is 0 Å². The SMILES string of the molecule is c1ccc(-c2cc(-c3cccc(-c4cc5ccccc5c5c(-c6ccccc6)c(-c6ccccc6)nn45)c3)nc(-c3ccc(-c4ccc5c(c4)oc4ccccc45)cc3)n2)cc1. The van der Waals surface area contributed by atoms with Crippen molar-refractivity contribution in [1.82, 2.24) is 19.6 Å². The minimum atomic E-state index is 0.659. The monoisotopic (exact) mass is 792 g/mol. The summed E-state index contributed by atoms with van der Waals surface area (Å²) in [7, 11) is 0. The van der Waals surface area contributed by atoms with E-state index in [9.17, 15) is 0 Å². The Bertz CT molecular complexity index is 3610. The lowest BCUT2D eigenvalue weighted by atomic mass is 9.96. The maximum atomic E-state index is 6.21. The highest BCUT2D eigenvalue weighted by atomic mass is 16.3. The van der Waals surface area contributed by atoms with Crippen LogP contribution in [0.2, 0.25) is 0 Å². The topological polar surface area (TPSA) is 56.2 Å². The average Bonchev–Trinajstić information content (AvgIpc) is 3.94. The molecule has 0 saturated heterocycles. The third-order valence-corrected chi connectivity index (χ3v) is 11.8. The van der Waals surface area contributed by atoms with Gasteiger partial charge < -0.3 is 4.42 Å². The summed E-state index contributed by atoms with van der Waals surface area (Å²) in [5.41, 5.74) is 15.9. The van der Waals surface area contributed by atoms with E-state index in [4.69, 9.17) is 19.5 Å². The summed E-state index contributed by atoms with van der Waals surface area (Å²) in [5, 5.41) is 9.98. The van der Waals surface area contributed by atoms with E-state index in [0.29, 0.717) is 5.82 Å². The second kappa shape index (κ2) is 14.7. The highest BCUT2D eigenvalue weighted by Crippen LogP contribution is 2.41. The molecule has 0 amide bonds. The predicted molar refractivity (Wildman–Crippen MR) is 254 cm³/mol. The van der Waals surface area contributed by atoms with Crippen molar-refractivity contribution in [2.24, 2.45) is 0 Å². The van der Waals surface area contributed by atoms with Gasteiger partial charge in [-0.1, -0.05) is 182 Å². The maximum Gasteiger partial charge on any atom is 0.160 e. The molecular weight excluding hydrogens is 757 g/mol. The minimum absolute atomic E-state index is 0.659. The van der Waals surface area contributed by atoms with Crippen LogP contribution in [0.3, 0.4) is 0 Å². The van der Waals surface area contributed by atoms with Crippen molar-refractivity contribution in [3.05, 3.63) is 218 Å². The molecule has 290 valence electrons. The molecule has 62 heavy (non-hydrogen) atoms. The van der Waals surface area contributed by atoms with Gasteiger partial charge >= 0.3 is 0 Å². The number of fused-ring (bicyclic) bond motifs is 6. The smallest absolute Gasteiger partial charge is 0.160 e. The molecule has 0 bridgehead atoms. The molecule has 4 heterocycles. The van der Waals surface area contributed by atoms with E-state index in [1.165, 1.54) is 0 Å². The molecule has 0 aliphatic rings. The van der Waals surface area contributed by atoms with Crippen LogP contribution < -0.4 is 0 Å². The molecule has 0 unspecified atom stereocenters. The van der Waals surface area contributed by atoms with Crippen molar-refractivity contribution in [3.8, 4) is 78.7 Å². The van der Waals surface area contributed by atoms with E-state index in [-0.39, 0.29) is 0 Å². The van der Waals surface area contributed by atoms with Gasteiger partial charge in [-0.15, -0.1) is 0 Å². The van der Waals surface area contributed by atoms with Crippen molar-refractivity contribution in [3.63, 3.8) is 0 Å². The van der Waals surface area contributed by atoms with Crippen molar-refractivity contribution in [1.29, 1.82) is 0 Å². The highest BCUT2D eigenvalue weighted by Gasteiger charge is 2.22. The maximum absolute atomic E-state index is 6.21. The fourth-order valence-corrected chi connectivity index (χ4v) is 8.81. The number of pyridine rings is 1. The Morgan fingerprint density at radius 2 is 0.935 bits per heavy atom. The van der Waals surface area contributed by atoms with Crippen LogP contribution >= 0.6 is 0 Å². The van der Waals surface area contributed by atoms with Crippen LogP contribution in [0.15, 0.2) is 223 Å². The molecular formula is C57H36N4O. The average molecular weight is 793 g/mol. The molecule has 5 nitrogen and oxygen atoms in total. The van der Waals surface area contributed by atoms with Gasteiger partial charge in [0, 0.05) is 49.5 Å². The zero-order valence-corrected chi connectivity index (χ0v) is 33.5. The largest absolute Gasteiger partial charge is 0.456 e. The third-order valence-electron chi connectivity index (χ3n) is 11.8. The second-order valence-corrected chi connectivity index (χ2v) is 15.6. The number of rotatable bonds is 7. The normalized spacial score (nSPS) is 11.5. The van der Waals surface area contributed by atoms with Gasteiger partial charge in [0.15, 0.2) is 5.82 Å². The van der Waals surface area contributed by atoms with Crippen LogP contribution in [0.5, 0.6) is 0 Å². The van der Waals surface area contributed by atoms with Gasteiger partial charge in [0.1, 0.15) is 16.9 Å². The van der Waals surface area contributed by atoms with Crippen molar-refractivity contribution >= 4 is 38.2 Å². The molecule has 8 aromatic carbocycles. The highest BCUT2D eigenvalue weighted by molar-refractivity contribution is 6.09. The minimum Gasteiger partial charge on any atom is -0.456 e. The lowest BCUT2D eigenvalue weighted by Crippen LogP contribution is -1.98. The van der Waals surface area contributed by atoms with Crippen LogP contribution in [0.1, 0.15) is 0 Å². The Balaban J connectivity index is 0.990. The second-order valence-electron chi connectivity index (χ2n) is 15.6. The van der Waals surface area contributed by atoms with Gasteiger partial charge in [0.25, 0.3) is 0 Å². The summed E-state index contributed by atoms with van der Waals surface area (Å²) in [4.78, 5) is 10.4. The van der Waals surface area contributed by atoms with Crippen LogP contribution in [0.25, 0.3) is 117 Å². The van der Waals surface area contributed by atoms with E-state index >= 15 is 0 Å². The molecule has 0 atom stereocenters. The predicted octanol–water partition coefficient (Wildman–Crippen LogP) is 14.8. The fourth-order valence-electron chi connectivity index (χ4n) is 8.81. The van der Waals surface area contributed by atoms with Gasteiger partial charge in [-0.2, -0.15) is 5.10 Å². The molecule has 5 heteroatoms. The summed E-state index contributed by atoms with van der Waals surface area (Å²) >= 11 is 0. The Morgan fingerprint density at radius 3 is 1.71 bits per heavy atom. The first-order valence-corrected chi connectivity index (χ1v) is 20.8. The number of para-hydroxylation sites is 1. The molecule has 0 aliphatic carbocycles. The van der Waals surface area contributed by atoms with E-state index in [1.54, 1.807) is 0 Å². The summed E-state index contributed by atoms with van der Waals surface area (Å²) < 4.78 is 8.35. The lowest BCUT2D eigenvalue weighted by Gasteiger charge is -2.13. The van der Waals surface area contributed by atoms with Crippen molar-refractivity contribution in [2.75, 3.05) is 0 Å². The number of furan rings is 1. The van der Waals surface area contributed by atoms with Gasteiger partial charge in [0.2, 0.25) is 0 Å². The number of benzene rings is 8. The standard InChI is InChI=1S/C57H36N4O/c1-4-15-38(16-5-1)49-36-50(59-57(58-49)41-29-27-37(28-30-41)42-31-32-48-47-25-12-13-26-52(47)62-53(48)35-42)44-22-14-23-45(33-44)51-34-43-21-10-11-24-46(43)56-54(39-17-6-2-7-18-39)55(60-61(51)56)40-19-8-3-9-20-40/h1-36H. The van der Waals surface area contributed by atoms with Crippen LogP contribution in [-0.2, 0) is 0 Å². The first kappa shape index (κ1) is 35.5.